The molecule has 0 aliphatic carbocycles. The highest BCUT2D eigenvalue weighted by atomic mass is 32.2. The van der Waals surface area contributed by atoms with E-state index in [1.807, 2.05) is 0 Å². The molecule has 1 heterocycles. The van der Waals surface area contributed by atoms with E-state index in [-0.39, 0.29) is 16.1 Å². The number of amides is 1. The van der Waals surface area contributed by atoms with Gasteiger partial charge in [-0.2, -0.15) is 4.31 Å². The van der Waals surface area contributed by atoms with E-state index in [1.165, 1.54) is 40.7 Å². The third-order valence-electron chi connectivity index (χ3n) is 4.39. The van der Waals surface area contributed by atoms with Gasteiger partial charge in [0.2, 0.25) is 10.0 Å². The maximum absolute atomic E-state index is 12.8. The number of nitrogens with one attached hydrogen (secondary N) is 1. The Labute approximate surface area is 166 Å². The van der Waals surface area contributed by atoms with Gasteiger partial charge in [0, 0.05) is 24.3 Å². The van der Waals surface area contributed by atoms with Crippen LogP contribution in [0.4, 0.5) is 18.9 Å². The first-order valence-electron chi connectivity index (χ1n) is 8.92. The normalized spacial score (nSPS) is 15.7. The quantitative estimate of drug-likeness (QED) is 0.781. The fourth-order valence-electron chi connectivity index (χ4n) is 3.00. The van der Waals surface area contributed by atoms with Crippen molar-refractivity contribution in [2.45, 2.75) is 30.5 Å². The van der Waals surface area contributed by atoms with Crippen molar-refractivity contribution < 1.29 is 31.1 Å². The summed E-state index contributed by atoms with van der Waals surface area (Å²) in [5.74, 6) is -1.03. The van der Waals surface area contributed by atoms with E-state index in [9.17, 15) is 26.4 Å². The molecule has 1 amide bonds. The van der Waals surface area contributed by atoms with Crippen LogP contribution in [0.3, 0.4) is 0 Å². The van der Waals surface area contributed by atoms with Crippen LogP contribution in [-0.2, 0) is 10.0 Å². The Kier molecular flexibility index (Phi) is 6.13. The highest BCUT2D eigenvalue weighted by Crippen LogP contribution is 2.25. The first-order valence-corrected chi connectivity index (χ1v) is 10.4. The smallest absolute Gasteiger partial charge is 0.406 e. The monoisotopic (exact) mass is 428 g/mol. The minimum absolute atomic E-state index is 0.0751. The van der Waals surface area contributed by atoms with Crippen LogP contribution in [0, 0.1) is 0 Å². The maximum atomic E-state index is 12.8. The van der Waals surface area contributed by atoms with Gasteiger partial charge < -0.3 is 10.1 Å². The average molecular weight is 428 g/mol. The fraction of sp³-hybridized carbons (Fsp3) is 0.316. The number of ether oxygens (including phenoxy) is 1. The van der Waals surface area contributed by atoms with Crippen LogP contribution in [0.25, 0.3) is 0 Å². The molecule has 29 heavy (non-hydrogen) atoms. The molecule has 0 aromatic heterocycles. The number of anilines is 1. The third-order valence-corrected chi connectivity index (χ3v) is 6.29. The van der Waals surface area contributed by atoms with Crippen molar-refractivity contribution in [2.75, 3.05) is 18.4 Å². The van der Waals surface area contributed by atoms with Gasteiger partial charge in [-0.1, -0.05) is 12.5 Å². The van der Waals surface area contributed by atoms with Crippen molar-refractivity contribution in [3.8, 4) is 5.75 Å². The van der Waals surface area contributed by atoms with E-state index < -0.39 is 28.0 Å². The molecule has 0 saturated carbocycles. The van der Waals surface area contributed by atoms with Crippen molar-refractivity contribution in [1.29, 1.82) is 0 Å². The summed E-state index contributed by atoms with van der Waals surface area (Å²) in [6.45, 7) is 0.927. The number of benzene rings is 2. The Bertz CT molecular complexity index is 970. The van der Waals surface area contributed by atoms with Gasteiger partial charge in [-0.3, -0.25) is 4.79 Å². The van der Waals surface area contributed by atoms with E-state index in [1.54, 1.807) is 0 Å². The number of hydrogen-bond acceptors (Lipinski definition) is 4. The number of alkyl halides is 3. The van der Waals surface area contributed by atoms with Crippen molar-refractivity contribution >= 4 is 21.6 Å². The molecule has 0 unspecified atom stereocenters. The number of sulfonamides is 1. The molecule has 6 nitrogen and oxygen atoms in total. The van der Waals surface area contributed by atoms with E-state index in [0.717, 1.165) is 31.4 Å². The molecule has 1 fully saturated rings. The van der Waals surface area contributed by atoms with Gasteiger partial charge in [0.1, 0.15) is 5.75 Å². The van der Waals surface area contributed by atoms with Crippen LogP contribution < -0.4 is 10.1 Å². The molecule has 0 bridgehead atoms. The van der Waals surface area contributed by atoms with E-state index >= 15 is 0 Å². The van der Waals surface area contributed by atoms with Gasteiger partial charge >= 0.3 is 6.36 Å². The summed E-state index contributed by atoms with van der Waals surface area (Å²) in [7, 11) is -3.65. The second-order valence-corrected chi connectivity index (χ2v) is 8.46. The van der Waals surface area contributed by atoms with E-state index in [4.69, 9.17) is 0 Å². The molecule has 2 aromatic carbocycles. The van der Waals surface area contributed by atoms with Crippen molar-refractivity contribution in [2.24, 2.45) is 0 Å². The lowest BCUT2D eigenvalue weighted by Crippen LogP contribution is -2.35. The molecule has 10 heteroatoms. The molecular formula is C19H19F3N2O4S. The maximum Gasteiger partial charge on any atom is 0.573 e. The SMILES string of the molecule is O=C(Nc1cccc(S(=O)(=O)N2CCCCC2)c1)c1ccc(OC(F)(F)F)cc1. The largest absolute Gasteiger partial charge is 0.573 e. The number of halogens is 3. The average Bonchev–Trinajstić information content (AvgIpc) is 2.68. The number of hydrogen-bond donors (Lipinski definition) is 1. The molecule has 1 N–H and O–H groups in total. The number of rotatable bonds is 5. The van der Waals surface area contributed by atoms with E-state index in [0.29, 0.717) is 13.1 Å². The number of carbonyl (C=O) groups is 1. The summed E-state index contributed by atoms with van der Waals surface area (Å²) >= 11 is 0. The molecule has 0 radical (unpaired) electrons. The Morgan fingerprint density at radius 2 is 1.66 bits per heavy atom. The minimum atomic E-state index is -4.82. The molecule has 1 aliphatic rings. The van der Waals surface area contributed by atoms with E-state index in [2.05, 4.69) is 10.1 Å². The molecule has 1 saturated heterocycles. The van der Waals surface area contributed by atoms with Gasteiger partial charge in [-0.05, 0) is 55.3 Å². The molecule has 156 valence electrons. The van der Waals surface area contributed by atoms with Gasteiger partial charge in [-0.15, -0.1) is 13.2 Å². The van der Waals surface area contributed by atoms with Crippen LogP contribution in [0.2, 0.25) is 0 Å². The summed E-state index contributed by atoms with van der Waals surface area (Å²) < 4.78 is 67.3. The summed E-state index contributed by atoms with van der Waals surface area (Å²) in [6.07, 6.45) is -2.20. The highest BCUT2D eigenvalue weighted by Gasteiger charge is 2.31. The van der Waals surface area contributed by atoms with Gasteiger partial charge in [-0.25, -0.2) is 8.42 Å². The fourth-order valence-corrected chi connectivity index (χ4v) is 4.56. The predicted molar refractivity (Wildman–Crippen MR) is 100 cm³/mol. The van der Waals surface area contributed by atoms with Gasteiger partial charge in [0.05, 0.1) is 4.90 Å². The molecule has 0 spiro atoms. The lowest BCUT2D eigenvalue weighted by atomic mass is 10.2. The molecule has 3 rings (SSSR count). The first kappa shape index (κ1) is 21.1. The van der Waals surface area contributed by atoms with Crippen molar-refractivity contribution in [3.63, 3.8) is 0 Å². The molecular weight excluding hydrogens is 409 g/mol. The van der Waals surface area contributed by atoms with Gasteiger partial charge in [0.15, 0.2) is 0 Å². The van der Waals surface area contributed by atoms with Crippen LogP contribution in [0.15, 0.2) is 53.4 Å². The Morgan fingerprint density at radius 1 is 1.00 bits per heavy atom. The Hall–Kier alpha value is -2.59. The zero-order valence-corrected chi connectivity index (χ0v) is 16.1. The zero-order chi connectivity index (χ0) is 21.1. The number of carbonyl (C=O) groups excluding carboxylic acids is 1. The van der Waals surface area contributed by atoms with Crippen LogP contribution in [0.1, 0.15) is 29.6 Å². The standard InChI is InChI=1S/C19H19F3N2O4S/c20-19(21,22)28-16-9-7-14(8-10-16)18(25)23-15-5-4-6-17(13-15)29(26,27)24-11-2-1-3-12-24/h4-10,13H,1-3,11-12H2,(H,23,25). The second kappa shape index (κ2) is 8.42. The van der Waals surface area contributed by atoms with Crippen LogP contribution in [-0.4, -0.2) is 38.1 Å². The van der Waals surface area contributed by atoms with Gasteiger partial charge in [0.25, 0.3) is 5.91 Å². The summed E-state index contributed by atoms with van der Waals surface area (Å²) in [5, 5.41) is 2.56. The second-order valence-electron chi connectivity index (χ2n) is 6.52. The summed E-state index contributed by atoms with van der Waals surface area (Å²) in [6, 6.07) is 10.3. The molecule has 1 aliphatic heterocycles. The summed E-state index contributed by atoms with van der Waals surface area (Å²) in [5.41, 5.74) is 0.368. The number of piperidine rings is 1. The third kappa shape index (κ3) is 5.48. The van der Waals surface area contributed by atoms with Crippen LogP contribution >= 0.6 is 0 Å². The molecule has 2 aromatic rings. The van der Waals surface area contributed by atoms with Crippen molar-refractivity contribution in [1.82, 2.24) is 4.31 Å². The first-order chi connectivity index (χ1) is 13.6. The zero-order valence-electron chi connectivity index (χ0n) is 15.3. The van der Waals surface area contributed by atoms with Crippen molar-refractivity contribution in [3.05, 3.63) is 54.1 Å². The topological polar surface area (TPSA) is 75.7 Å². The predicted octanol–water partition coefficient (Wildman–Crippen LogP) is 4.01. The lowest BCUT2D eigenvalue weighted by molar-refractivity contribution is -0.274. The molecule has 0 atom stereocenters. The number of nitrogens with zero attached hydrogens (tertiary/aromatic N) is 1. The lowest BCUT2D eigenvalue weighted by Gasteiger charge is -2.26. The Balaban J connectivity index is 1.72. The Morgan fingerprint density at radius 3 is 2.28 bits per heavy atom. The highest BCUT2D eigenvalue weighted by molar-refractivity contribution is 7.89. The summed E-state index contributed by atoms with van der Waals surface area (Å²) in [4.78, 5) is 12.4. The minimum Gasteiger partial charge on any atom is -0.406 e. The van der Waals surface area contributed by atoms with Crippen LogP contribution in [0.5, 0.6) is 5.75 Å².